The molecule has 0 aliphatic rings. The summed E-state index contributed by atoms with van der Waals surface area (Å²) in [6.07, 6.45) is 0. The van der Waals surface area contributed by atoms with Crippen LogP contribution in [0, 0.1) is 6.92 Å². The molecule has 0 fully saturated rings. The molecule has 0 amide bonds. The van der Waals surface area contributed by atoms with Gasteiger partial charge in [-0.25, -0.2) is 8.42 Å². The van der Waals surface area contributed by atoms with E-state index in [-0.39, 0.29) is 22.7 Å². The van der Waals surface area contributed by atoms with Crippen molar-refractivity contribution < 1.29 is 12.8 Å². The van der Waals surface area contributed by atoms with Crippen molar-refractivity contribution in [2.24, 2.45) is 0 Å². The van der Waals surface area contributed by atoms with E-state index in [0.29, 0.717) is 5.89 Å². The van der Waals surface area contributed by atoms with E-state index in [9.17, 15) is 8.42 Å². The fourth-order valence-electron chi connectivity index (χ4n) is 2.71. The van der Waals surface area contributed by atoms with E-state index >= 15 is 0 Å². The first-order valence-corrected chi connectivity index (χ1v) is 10.5. The molecule has 0 unspecified atom stereocenters. The first-order valence-electron chi connectivity index (χ1n) is 9.04. The van der Waals surface area contributed by atoms with Gasteiger partial charge in [-0.05, 0) is 42.2 Å². The van der Waals surface area contributed by atoms with Crippen molar-refractivity contribution in [3.63, 3.8) is 0 Å². The summed E-state index contributed by atoms with van der Waals surface area (Å²) in [6, 6.07) is 14.7. The van der Waals surface area contributed by atoms with Gasteiger partial charge >= 0.3 is 0 Å². The lowest BCUT2D eigenvalue weighted by Crippen LogP contribution is -2.26. The van der Waals surface area contributed by atoms with Crippen molar-refractivity contribution in [3.05, 3.63) is 65.5 Å². The Balaban J connectivity index is 1.76. The highest BCUT2D eigenvalue weighted by Gasteiger charge is 2.23. The Bertz CT molecular complexity index is 1050. The van der Waals surface area contributed by atoms with Gasteiger partial charge in [-0.3, -0.25) is 0 Å². The monoisotopic (exact) mass is 399 g/mol. The molecule has 0 atom stereocenters. The average molecular weight is 400 g/mol. The number of hydrogen-bond donors (Lipinski definition) is 0. The average Bonchev–Trinajstić information content (AvgIpc) is 3.10. The Morgan fingerprint density at radius 2 is 1.57 bits per heavy atom. The van der Waals surface area contributed by atoms with Gasteiger partial charge < -0.3 is 4.42 Å². The van der Waals surface area contributed by atoms with Crippen LogP contribution in [0.5, 0.6) is 0 Å². The molecule has 0 aliphatic heterocycles. The van der Waals surface area contributed by atoms with Gasteiger partial charge in [0, 0.05) is 12.6 Å². The van der Waals surface area contributed by atoms with Gasteiger partial charge in [0.05, 0.1) is 11.4 Å². The molecule has 0 bridgehead atoms. The van der Waals surface area contributed by atoms with Gasteiger partial charge in [-0.1, -0.05) is 50.6 Å². The van der Waals surface area contributed by atoms with Crippen molar-refractivity contribution >= 4 is 10.0 Å². The highest BCUT2D eigenvalue weighted by molar-refractivity contribution is 7.89. The van der Waals surface area contributed by atoms with Crippen LogP contribution < -0.4 is 0 Å². The topological polar surface area (TPSA) is 76.3 Å². The fourth-order valence-corrected chi connectivity index (χ4v) is 3.83. The van der Waals surface area contributed by atoms with E-state index < -0.39 is 10.0 Å². The van der Waals surface area contributed by atoms with Crippen LogP contribution in [0.15, 0.2) is 57.8 Å². The van der Waals surface area contributed by atoms with Crippen molar-refractivity contribution in [1.82, 2.24) is 14.5 Å². The van der Waals surface area contributed by atoms with Crippen LogP contribution in [0.3, 0.4) is 0 Å². The SMILES string of the molecule is Cc1ccc(S(=O)(=O)N(C)Cc2nnc(-c3ccc(C(C)(C)C)cc3)o2)cc1. The number of sulfonamides is 1. The lowest BCUT2D eigenvalue weighted by Gasteiger charge is -2.18. The Hall–Kier alpha value is -2.51. The lowest BCUT2D eigenvalue weighted by molar-refractivity contribution is 0.400. The molecule has 148 valence electrons. The smallest absolute Gasteiger partial charge is 0.247 e. The van der Waals surface area contributed by atoms with E-state index in [0.717, 1.165) is 11.1 Å². The summed E-state index contributed by atoms with van der Waals surface area (Å²) in [7, 11) is -2.13. The standard InChI is InChI=1S/C21H25N3O3S/c1-15-6-12-18(13-7-15)28(25,26)24(5)14-19-22-23-20(27-19)16-8-10-17(11-9-16)21(2,3)4/h6-13H,14H2,1-5H3. The van der Waals surface area contributed by atoms with Crippen LogP contribution in [0.4, 0.5) is 0 Å². The predicted molar refractivity (Wildman–Crippen MR) is 108 cm³/mol. The molecule has 0 N–H and O–H groups in total. The highest BCUT2D eigenvalue weighted by Crippen LogP contribution is 2.26. The maximum atomic E-state index is 12.7. The predicted octanol–water partition coefficient (Wildman–Crippen LogP) is 4.16. The van der Waals surface area contributed by atoms with Crippen molar-refractivity contribution in [2.45, 2.75) is 44.6 Å². The first-order chi connectivity index (χ1) is 13.1. The fraction of sp³-hybridized carbons (Fsp3) is 0.333. The van der Waals surface area contributed by atoms with E-state index in [1.165, 1.54) is 16.9 Å². The first kappa shape index (κ1) is 20.2. The summed E-state index contributed by atoms with van der Waals surface area (Å²) in [4.78, 5) is 0.234. The van der Waals surface area contributed by atoms with Crippen molar-refractivity contribution in [1.29, 1.82) is 0 Å². The Morgan fingerprint density at radius 3 is 2.14 bits per heavy atom. The second-order valence-electron chi connectivity index (χ2n) is 7.90. The third-order valence-corrected chi connectivity index (χ3v) is 6.37. The van der Waals surface area contributed by atoms with Crippen LogP contribution in [0.2, 0.25) is 0 Å². The second kappa shape index (κ2) is 7.48. The minimum atomic E-state index is -3.63. The normalized spacial score (nSPS) is 12.5. The van der Waals surface area contributed by atoms with Crippen LogP contribution in [-0.2, 0) is 22.0 Å². The Labute approximate surface area is 166 Å². The molecule has 0 radical (unpaired) electrons. The molecule has 6 nitrogen and oxygen atoms in total. The van der Waals surface area contributed by atoms with Crippen molar-refractivity contribution in [2.75, 3.05) is 7.05 Å². The molecule has 0 aliphatic carbocycles. The van der Waals surface area contributed by atoms with Crippen LogP contribution in [0.1, 0.15) is 37.8 Å². The quantitative estimate of drug-likeness (QED) is 0.644. The molecule has 1 aromatic heterocycles. The number of aryl methyl sites for hydroxylation is 1. The summed E-state index contributed by atoms with van der Waals surface area (Å²) >= 11 is 0. The number of aromatic nitrogens is 2. The van der Waals surface area contributed by atoms with Crippen LogP contribution >= 0.6 is 0 Å². The Morgan fingerprint density at radius 1 is 0.964 bits per heavy atom. The zero-order valence-electron chi connectivity index (χ0n) is 16.8. The number of nitrogens with zero attached hydrogens (tertiary/aromatic N) is 3. The van der Waals surface area contributed by atoms with E-state index in [1.807, 2.05) is 31.2 Å². The molecule has 0 saturated carbocycles. The molecule has 2 aromatic carbocycles. The van der Waals surface area contributed by atoms with E-state index in [2.05, 4.69) is 31.0 Å². The number of benzene rings is 2. The third kappa shape index (κ3) is 4.31. The molecule has 0 saturated heterocycles. The molecule has 7 heteroatoms. The molecule has 0 spiro atoms. The van der Waals surface area contributed by atoms with Gasteiger partial charge in [0.15, 0.2) is 0 Å². The van der Waals surface area contributed by atoms with E-state index in [1.54, 1.807) is 24.3 Å². The Kier molecular flexibility index (Phi) is 5.41. The second-order valence-corrected chi connectivity index (χ2v) is 9.95. The molecule has 28 heavy (non-hydrogen) atoms. The molecular formula is C21H25N3O3S. The lowest BCUT2D eigenvalue weighted by atomic mass is 9.87. The zero-order chi connectivity index (χ0) is 20.5. The largest absolute Gasteiger partial charge is 0.419 e. The molecule has 3 rings (SSSR count). The summed E-state index contributed by atoms with van der Waals surface area (Å²) in [5.74, 6) is 0.615. The number of rotatable bonds is 5. The third-order valence-electron chi connectivity index (χ3n) is 4.55. The summed E-state index contributed by atoms with van der Waals surface area (Å²) < 4.78 is 32.3. The number of hydrogen-bond acceptors (Lipinski definition) is 5. The van der Waals surface area contributed by atoms with Gasteiger partial charge in [0.25, 0.3) is 0 Å². The summed E-state index contributed by atoms with van der Waals surface area (Å²) in [6.45, 7) is 8.36. The summed E-state index contributed by atoms with van der Waals surface area (Å²) in [5.41, 5.74) is 3.07. The maximum Gasteiger partial charge on any atom is 0.247 e. The zero-order valence-corrected chi connectivity index (χ0v) is 17.6. The highest BCUT2D eigenvalue weighted by atomic mass is 32.2. The minimum absolute atomic E-state index is 0.00326. The van der Waals surface area contributed by atoms with Crippen LogP contribution in [-0.4, -0.2) is 30.0 Å². The van der Waals surface area contributed by atoms with Crippen LogP contribution in [0.25, 0.3) is 11.5 Å². The van der Waals surface area contributed by atoms with Crippen molar-refractivity contribution in [3.8, 4) is 11.5 Å². The van der Waals surface area contributed by atoms with E-state index in [4.69, 9.17) is 4.42 Å². The molecule has 3 aromatic rings. The maximum absolute atomic E-state index is 12.7. The minimum Gasteiger partial charge on any atom is -0.419 e. The van der Waals surface area contributed by atoms with Gasteiger partial charge in [-0.2, -0.15) is 4.31 Å². The molecular weight excluding hydrogens is 374 g/mol. The molecule has 1 heterocycles. The summed E-state index contributed by atoms with van der Waals surface area (Å²) in [5, 5.41) is 8.06. The van der Waals surface area contributed by atoms with Gasteiger partial charge in [-0.15, -0.1) is 10.2 Å². The van der Waals surface area contributed by atoms with Gasteiger partial charge in [0.2, 0.25) is 21.8 Å². The van der Waals surface area contributed by atoms with Gasteiger partial charge in [0.1, 0.15) is 0 Å².